The van der Waals surface area contributed by atoms with Gasteiger partial charge in [-0.2, -0.15) is 0 Å². The van der Waals surface area contributed by atoms with Gasteiger partial charge in [0.2, 0.25) is 0 Å². The van der Waals surface area contributed by atoms with Crippen molar-refractivity contribution in [2.45, 2.75) is 45.6 Å². The van der Waals surface area contributed by atoms with Crippen molar-refractivity contribution in [2.24, 2.45) is 0 Å². The van der Waals surface area contributed by atoms with Crippen molar-refractivity contribution in [1.29, 1.82) is 0 Å². The fourth-order valence-corrected chi connectivity index (χ4v) is 3.77. The van der Waals surface area contributed by atoms with Gasteiger partial charge in [-0.1, -0.05) is 32.9 Å². The highest BCUT2D eigenvalue weighted by Gasteiger charge is 2.27. The van der Waals surface area contributed by atoms with Crippen LogP contribution in [0.15, 0.2) is 59.5 Å². The first-order chi connectivity index (χ1) is 15.0. The minimum absolute atomic E-state index is 0.124. The van der Waals surface area contributed by atoms with Crippen molar-refractivity contribution in [3.8, 4) is 0 Å². The van der Waals surface area contributed by atoms with E-state index in [4.69, 9.17) is 0 Å². The lowest BCUT2D eigenvalue weighted by Gasteiger charge is -2.29. The number of fused-ring (bicyclic) bond motifs is 2. The van der Waals surface area contributed by atoms with Crippen molar-refractivity contribution < 1.29 is 9.18 Å². The zero-order chi connectivity index (χ0) is 23.3. The Hall–Kier alpha value is -3.54. The first-order valence-electron chi connectivity index (χ1n) is 10.5. The van der Waals surface area contributed by atoms with E-state index in [-0.39, 0.29) is 21.8 Å². The molecule has 4 rings (SSSR count). The van der Waals surface area contributed by atoms with E-state index in [0.717, 1.165) is 17.3 Å². The molecule has 0 aliphatic carbocycles. The Morgan fingerprint density at radius 3 is 2.41 bits per heavy atom. The summed E-state index contributed by atoms with van der Waals surface area (Å²) in [6, 6.07) is 13.4. The molecule has 0 aliphatic heterocycles. The molecule has 32 heavy (non-hydrogen) atoms. The maximum absolute atomic E-state index is 14.9. The van der Waals surface area contributed by atoms with Crippen LogP contribution >= 0.6 is 0 Å². The molecular weight excluding hydrogens is 405 g/mol. The Morgan fingerprint density at radius 1 is 0.969 bits per heavy atom. The van der Waals surface area contributed by atoms with Gasteiger partial charge in [0.25, 0.3) is 5.91 Å². The number of hydrogen-bond acceptors (Lipinski definition) is 3. The molecule has 2 N–H and O–H groups in total. The van der Waals surface area contributed by atoms with Gasteiger partial charge < -0.3 is 10.3 Å². The van der Waals surface area contributed by atoms with E-state index in [1.54, 1.807) is 24.4 Å². The Bertz CT molecular complexity index is 1410. The lowest BCUT2D eigenvalue weighted by molar-refractivity contribution is 0.0908. The van der Waals surface area contributed by atoms with Gasteiger partial charge in [0.05, 0.1) is 16.6 Å². The average molecular weight is 432 g/mol. The number of aromatic amines is 1. The van der Waals surface area contributed by atoms with Crippen LogP contribution in [0.3, 0.4) is 0 Å². The van der Waals surface area contributed by atoms with Crippen molar-refractivity contribution in [3.63, 3.8) is 0 Å². The third-order valence-corrected chi connectivity index (χ3v) is 5.71. The van der Waals surface area contributed by atoms with Gasteiger partial charge in [-0.15, -0.1) is 0 Å². The first-order valence-corrected chi connectivity index (χ1v) is 10.5. The molecule has 164 valence electrons. The minimum atomic E-state index is -0.766. The molecule has 1 amide bonds. The Kier molecular flexibility index (Phi) is 5.12. The Balaban J connectivity index is 1.73. The molecule has 0 bridgehead atoms. The van der Waals surface area contributed by atoms with Crippen LogP contribution in [0.25, 0.3) is 21.8 Å². The summed E-state index contributed by atoms with van der Waals surface area (Å²) in [4.78, 5) is 33.4. The zero-order valence-electron chi connectivity index (χ0n) is 18.8. The molecule has 0 unspecified atom stereocenters. The maximum Gasteiger partial charge on any atom is 0.255 e. The van der Waals surface area contributed by atoms with Crippen LogP contribution in [-0.4, -0.2) is 15.9 Å². The summed E-state index contributed by atoms with van der Waals surface area (Å²) in [6.45, 7) is 9.93. The van der Waals surface area contributed by atoms with Crippen LogP contribution in [0.4, 0.5) is 4.39 Å². The number of nitrogens with zero attached hydrogens (tertiary/aromatic N) is 1. The monoisotopic (exact) mass is 431 g/mol. The molecule has 5 nitrogen and oxygen atoms in total. The largest absolute Gasteiger partial charge is 0.354 e. The number of aromatic nitrogens is 2. The Labute approximate surface area is 185 Å². The number of hydrogen-bond donors (Lipinski definition) is 2. The number of nitrogens with one attached hydrogen (secondary N) is 2. The van der Waals surface area contributed by atoms with E-state index >= 15 is 0 Å². The van der Waals surface area contributed by atoms with Crippen LogP contribution < -0.4 is 10.7 Å². The molecule has 0 aliphatic rings. The second-order valence-electron chi connectivity index (χ2n) is 9.64. The smallest absolute Gasteiger partial charge is 0.255 e. The van der Waals surface area contributed by atoms with E-state index in [9.17, 15) is 14.0 Å². The number of para-hydroxylation sites is 1. The molecule has 0 saturated carbocycles. The Morgan fingerprint density at radius 2 is 1.69 bits per heavy atom. The van der Waals surface area contributed by atoms with E-state index < -0.39 is 17.3 Å². The standard InChI is InChI=1S/C26H26FN3O2/c1-25(2,3)22-12-15(10-11-28-22)26(4,5)30-24(32)17-14-21-18(13-19(17)27)23(31)16-8-6-7-9-20(16)29-21/h6-14H,1-5H3,(H,29,31)(H,30,32). The van der Waals surface area contributed by atoms with Crippen molar-refractivity contribution >= 4 is 27.7 Å². The van der Waals surface area contributed by atoms with Crippen molar-refractivity contribution in [1.82, 2.24) is 15.3 Å². The van der Waals surface area contributed by atoms with Crippen LogP contribution in [-0.2, 0) is 11.0 Å². The second-order valence-corrected chi connectivity index (χ2v) is 9.64. The molecule has 2 aromatic carbocycles. The molecule has 0 radical (unpaired) electrons. The molecule has 2 aromatic heterocycles. The van der Waals surface area contributed by atoms with Gasteiger partial charge in [-0.05, 0) is 55.8 Å². The highest BCUT2D eigenvalue weighted by molar-refractivity contribution is 6.00. The van der Waals surface area contributed by atoms with E-state index in [1.807, 2.05) is 32.0 Å². The van der Waals surface area contributed by atoms with Gasteiger partial charge in [-0.25, -0.2) is 4.39 Å². The fraction of sp³-hybridized carbons (Fsp3) is 0.269. The number of halogens is 1. The van der Waals surface area contributed by atoms with E-state index in [0.29, 0.717) is 16.4 Å². The fourth-order valence-electron chi connectivity index (χ4n) is 3.77. The first kappa shape index (κ1) is 21.7. The van der Waals surface area contributed by atoms with Gasteiger partial charge in [0.15, 0.2) is 5.43 Å². The molecule has 4 aromatic rings. The number of pyridine rings is 2. The lowest BCUT2D eigenvalue weighted by Crippen LogP contribution is -2.41. The lowest BCUT2D eigenvalue weighted by atomic mass is 9.87. The summed E-state index contributed by atoms with van der Waals surface area (Å²) in [5.74, 6) is -1.30. The molecule has 0 saturated heterocycles. The predicted molar refractivity (Wildman–Crippen MR) is 125 cm³/mol. The summed E-state index contributed by atoms with van der Waals surface area (Å²) >= 11 is 0. The predicted octanol–water partition coefficient (Wildman–Crippen LogP) is 5.18. The second kappa shape index (κ2) is 7.55. The number of H-pyrrole nitrogens is 1. The molecular formula is C26H26FN3O2. The third-order valence-electron chi connectivity index (χ3n) is 5.71. The normalized spacial score (nSPS) is 12.3. The average Bonchev–Trinajstić information content (AvgIpc) is 2.73. The SMILES string of the molecule is CC(C)(C)c1cc(C(C)(C)NC(=O)c2cc3[nH]c4ccccc4c(=O)c3cc2F)ccn1. The molecule has 0 spiro atoms. The number of amides is 1. The molecule has 2 heterocycles. The van der Waals surface area contributed by atoms with Crippen LogP contribution in [0.5, 0.6) is 0 Å². The van der Waals surface area contributed by atoms with E-state index in [2.05, 4.69) is 36.1 Å². The van der Waals surface area contributed by atoms with Gasteiger partial charge in [-0.3, -0.25) is 14.6 Å². The summed E-state index contributed by atoms with van der Waals surface area (Å²) in [5, 5.41) is 3.61. The maximum atomic E-state index is 14.9. The molecule has 0 atom stereocenters. The number of carbonyl (C=O) groups excluding carboxylic acids is 1. The molecule has 0 fully saturated rings. The van der Waals surface area contributed by atoms with Crippen LogP contribution in [0, 0.1) is 5.82 Å². The van der Waals surface area contributed by atoms with Gasteiger partial charge in [0.1, 0.15) is 5.82 Å². The zero-order valence-corrected chi connectivity index (χ0v) is 18.8. The highest BCUT2D eigenvalue weighted by Crippen LogP contribution is 2.27. The van der Waals surface area contributed by atoms with Crippen LogP contribution in [0.1, 0.15) is 56.2 Å². The highest BCUT2D eigenvalue weighted by atomic mass is 19.1. The summed E-state index contributed by atoms with van der Waals surface area (Å²) in [6.07, 6.45) is 1.72. The van der Waals surface area contributed by atoms with Gasteiger partial charge >= 0.3 is 0 Å². The quantitative estimate of drug-likeness (QED) is 0.439. The number of carbonyl (C=O) groups is 1. The summed E-state index contributed by atoms with van der Waals surface area (Å²) < 4.78 is 14.9. The molecule has 6 heteroatoms. The summed E-state index contributed by atoms with van der Waals surface area (Å²) in [7, 11) is 0. The van der Waals surface area contributed by atoms with Crippen LogP contribution in [0.2, 0.25) is 0 Å². The topological polar surface area (TPSA) is 74.8 Å². The third kappa shape index (κ3) is 3.88. The summed E-state index contributed by atoms with van der Waals surface area (Å²) in [5.41, 5.74) is 1.51. The van der Waals surface area contributed by atoms with E-state index in [1.165, 1.54) is 6.07 Å². The van der Waals surface area contributed by atoms with Crippen molar-refractivity contribution in [2.75, 3.05) is 0 Å². The minimum Gasteiger partial charge on any atom is -0.354 e. The van der Waals surface area contributed by atoms with Crippen molar-refractivity contribution in [3.05, 3.63) is 87.6 Å². The van der Waals surface area contributed by atoms with Gasteiger partial charge in [0, 0.05) is 33.6 Å². The number of benzene rings is 2. The number of rotatable bonds is 3.